The molecule has 0 saturated heterocycles. The summed E-state index contributed by atoms with van der Waals surface area (Å²) in [5, 5.41) is 12.2. The minimum atomic E-state index is -0.785. The number of thiol groups is 1. The molecule has 2 atom stereocenters. The van der Waals surface area contributed by atoms with Crippen molar-refractivity contribution in [3.8, 4) is 0 Å². The van der Waals surface area contributed by atoms with Gasteiger partial charge >= 0.3 is 0 Å². The molecular formula is C21H32Br2OS. The lowest BCUT2D eigenvalue weighted by Crippen LogP contribution is -2.45. The van der Waals surface area contributed by atoms with Crippen molar-refractivity contribution in [3.63, 3.8) is 0 Å². The summed E-state index contributed by atoms with van der Waals surface area (Å²) in [5.41, 5.74) is 2.65. The second-order valence-corrected chi connectivity index (χ2v) is 10.3. The molecule has 0 spiro atoms. The number of aryl methyl sites for hydroxylation is 1. The van der Waals surface area contributed by atoms with E-state index in [1.807, 2.05) is 0 Å². The second kappa shape index (κ2) is 8.67. The first-order chi connectivity index (χ1) is 11.7. The predicted octanol–water partition coefficient (Wildman–Crippen LogP) is 7.20. The smallest absolute Gasteiger partial charge is 0.0992 e. The van der Waals surface area contributed by atoms with Gasteiger partial charge in [-0.2, -0.15) is 12.6 Å². The fourth-order valence-corrected chi connectivity index (χ4v) is 6.18. The van der Waals surface area contributed by atoms with E-state index in [0.717, 1.165) is 52.4 Å². The molecule has 0 radical (unpaired) electrons. The van der Waals surface area contributed by atoms with Crippen LogP contribution in [0.2, 0.25) is 0 Å². The standard InChI is InChI=1S/C21H32Br2OS/c1-5-9-15(10-7-6-8-11-25)21(24)18-16(13-20(21,3)4)17(22)12-14(2)19(18)23/h12,15,24-25H,5-11,13H2,1-4H3. The SMILES string of the molecule is CCCC(CCCCCS)C1(O)c2c(Br)c(C)cc(Br)c2CC1(C)C. The number of halogens is 2. The first-order valence-corrected chi connectivity index (χ1v) is 11.7. The Labute approximate surface area is 176 Å². The molecule has 1 aliphatic carbocycles. The molecule has 2 unspecified atom stereocenters. The first-order valence-electron chi connectivity index (χ1n) is 9.51. The molecule has 1 nitrogen and oxygen atoms in total. The molecule has 0 saturated carbocycles. The summed E-state index contributed by atoms with van der Waals surface area (Å²) in [5.74, 6) is 1.24. The summed E-state index contributed by atoms with van der Waals surface area (Å²) in [6, 6.07) is 2.17. The third-order valence-electron chi connectivity index (χ3n) is 5.97. The molecule has 0 aliphatic heterocycles. The second-order valence-electron chi connectivity index (χ2n) is 8.23. The van der Waals surface area contributed by atoms with Gasteiger partial charge in [-0.3, -0.25) is 0 Å². The zero-order valence-electron chi connectivity index (χ0n) is 16.0. The Morgan fingerprint density at radius 2 is 1.88 bits per heavy atom. The van der Waals surface area contributed by atoms with Gasteiger partial charge in [0.25, 0.3) is 0 Å². The molecule has 0 heterocycles. The molecule has 2 rings (SSSR count). The van der Waals surface area contributed by atoms with Gasteiger partial charge in [-0.25, -0.2) is 0 Å². The maximum absolute atomic E-state index is 12.2. The summed E-state index contributed by atoms with van der Waals surface area (Å²) in [7, 11) is 0. The summed E-state index contributed by atoms with van der Waals surface area (Å²) in [6.45, 7) is 8.81. The van der Waals surface area contributed by atoms with Crippen LogP contribution in [0.1, 0.15) is 76.0 Å². The Kier molecular flexibility index (Phi) is 7.55. The predicted molar refractivity (Wildman–Crippen MR) is 119 cm³/mol. The van der Waals surface area contributed by atoms with Gasteiger partial charge in [0.2, 0.25) is 0 Å². The minimum absolute atomic E-state index is 0.169. The number of unbranched alkanes of at least 4 members (excludes halogenated alkanes) is 2. The monoisotopic (exact) mass is 490 g/mol. The Balaban J connectivity index is 2.48. The van der Waals surface area contributed by atoms with Crippen LogP contribution in [-0.4, -0.2) is 10.9 Å². The highest BCUT2D eigenvalue weighted by molar-refractivity contribution is 9.11. The van der Waals surface area contributed by atoms with E-state index in [4.69, 9.17) is 0 Å². The van der Waals surface area contributed by atoms with Crippen molar-refractivity contribution in [2.24, 2.45) is 11.3 Å². The lowest BCUT2D eigenvalue weighted by Gasteiger charge is -2.44. The van der Waals surface area contributed by atoms with Crippen molar-refractivity contribution in [2.75, 3.05) is 5.75 Å². The van der Waals surface area contributed by atoms with Gasteiger partial charge in [-0.15, -0.1) is 0 Å². The molecule has 142 valence electrons. The number of rotatable bonds is 8. The average molecular weight is 492 g/mol. The van der Waals surface area contributed by atoms with Crippen LogP contribution in [0, 0.1) is 18.3 Å². The third-order valence-corrected chi connectivity index (χ3v) is 8.01. The quantitative estimate of drug-likeness (QED) is 0.291. The lowest BCUT2D eigenvalue weighted by molar-refractivity contribution is -0.114. The van der Waals surface area contributed by atoms with E-state index in [0.29, 0.717) is 5.92 Å². The van der Waals surface area contributed by atoms with E-state index in [2.05, 4.69) is 78.2 Å². The van der Waals surface area contributed by atoms with Gasteiger partial charge in [0, 0.05) is 19.9 Å². The topological polar surface area (TPSA) is 20.2 Å². The van der Waals surface area contributed by atoms with Crippen LogP contribution in [-0.2, 0) is 12.0 Å². The lowest BCUT2D eigenvalue weighted by atomic mass is 9.65. The van der Waals surface area contributed by atoms with Gasteiger partial charge in [0.1, 0.15) is 0 Å². The first kappa shape index (κ1) is 21.8. The van der Waals surface area contributed by atoms with Crippen LogP contribution in [0.4, 0.5) is 0 Å². The number of aliphatic hydroxyl groups is 1. The van der Waals surface area contributed by atoms with Gasteiger partial charge < -0.3 is 5.11 Å². The van der Waals surface area contributed by atoms with Crippen molar-refractivity contribution >= 4 is 44.5 Å². The molecule has 0 fully saturated rings. The largest absolute Gasteiger partial charge is 0.384 e. The highest BCUT2D eigenvalue weighted by atomic mass is 79.9. The van der Waals surface area contributed by atoms with Crippen molar-refractivity contribution in [2.45, 2.75) is 78.2 Å². The van der Waals surface area contributed by atoms with Gasteiger partial charge in [0.05, 0.1) is 5.60 Å². The van der Waals surface area contributed by atoms with E-state index >= 15 is 0 Å². The normalized spacial score (nSPS) is 22.9. The molecule has 1 aromatic rings. The summed E-state index contributed by atoms with van der Waals surface area (Å²) < 4.78 is 2.23. The molecule has 1 N–H and O–H groups in total. The zero-order valence-corrected chi connectivity index (χ0v) is 20.0. The number of fused-ring (bicyclic) bond motifs is 1. The van der Waals surface area contributed by atoms with E-state index < -0.39 is 5.60 Å². The summed E-state index contributed by atoms with van der Waals surface area (Å²) in [6.07, 6.45) is 7.70. The zero-order chi connectivity index (χ0) is 18.8. The molecule has 0 amide bonds. The van der Waals surface area contributed by atoms with E-state index in [1.54, 1.807) is 0 Å². The van der Waals surface area contributed by atoms with Crippen LogP contribution in [0.15, 0.2) is 15.0 Å². The number of benzene rings is 1. The Bertz CT molecular complexity index is 614. The molecule has 1 aromatic carbocycles. The highest BCUT2D eigenvalue weighted by Crippen LogP contribution is 2.59. The molecular weight excluding hydrogens is 460 g/mol. The van der Waals surface area contributed by atoms with Gasteiger partial charge in [-0.05, 0) is 61.5 Å². The number of hydrogen-bond acceptors (Lipinski definition) is 2. The van der Waals surface area contributed by atoms with Crippen LogP contribution < -0.4 is 0 Å². The van der Waals surface area contributed by atoms with Crippen LogP contribution in [0.25, 0.3) is 0 Å². The van der Waals surface area contributed by atoms with Crippen LogP contribution >= 0.6 is 44.5 Å². The molecule has 4 heteroatoms. The maximum atomic E-state index is 12.2. The van der Waals surface area contributed by atoms with Crippen LogP contribution in [0.3, 0.4) is 0 Å². The van der Waals surface area contributed by atoms with Crippen LogP contribution in [0.5, 0.6) is 0 Å². The average Bonchev–Trinajstić information content (AvgIpc) is 2.76. The van der Waals surface area contributed by atoms with Gasteiger partial charge in [0.15, 0.2) is 0 Å². The van der Waals surface area contributed by atoms with E-state index in [9.17, 15) is 5.11 Å². The molecule has 25 heavy (non-hydrogen) atoms. The van der Waals surface area contributed by atoms with E-state index in [1.165, 1.54) is 24.0 Å². The van der Waals surface area contributed by atoms with Crippen molar-refractivity contribution < 1.29 is 5.11 Å². The Morgan fingerprint density at radius 1 is 1.20 bits per heavy atom. The summed E-state index contributed by atoms with van der Waals surface area (Å²) >= 11 is 11.9. The minimum Gasteiger partial charge on any atom is -0.384 e. The maximum Gasteiger partial charge on any atom is 0.0992 e. The summed E-state index contributed by atoms with van der Waals surface area (Å²) in [4.78, 5) is 0. The van der Waals surface area contributed by atoms with E-state index in [-0.39, 0.29) is 5.41 Å². The Morgan fingerprint density at radius 3 is 2.48 bits per heavy atom. The van der Waals surface area contributed by atoms with Crippen molar-refractivity contribution in [1.82, 2.24) is 0 Å². The molecule has 0 bridgehead atoms. The highest BCUT2D eigenvalue weighted by Gasteiger charge is 2.56. The number of hydrogen-bond donors (Lipinski definition) is 2. The third kappa shape index (κ3) is 4.02. The van der Waals surface area contributed by atoms with Crippen molar-refractivity contribution in [3.05, 3.63) is 31.7 Å². The van der Waals surface area contributed by atoms with Gasteiger partial charge in [-0.1, -0.05) is 71.9 Å². The molecule has 0 aromatic heterocycles. The Hall–Kier alpha value is 0.490. The van der Waals surface area contributed by atoms with Crippen molar-refractivity contribution in [1.29, 1.82) is 0 Å². The fraction of sp³-hybridized carbons (Fsp3) is 0.714. The molecule has 1 aliphatic rings. The fourth-order valence-electron chi connectivity index (χ4n) is 4.62.